The minimum absolute atomic E-state index is 0.0221. The molecular formula is C12H20N2O4. The van der Waals surface area contributed by atoms with E-state index in [0.717, 1.165) is 0 Å². The lowest BCUT2D eigenvalue weighted by molar-refractivity contribution is -0.148. The summed E-state index contributed by atoms with van der Waals surface area (Å²) in [5, 5.41) is 2.69. The van der Waals surface area contributed by atoms with Crippen LogP contribution in [0.5, 0.6) is 0 Å². The van der Waals surface area contributed by atoms with Crippen molar-refractivity contribution in [2.45, 2.75) is 32.7 Å². The van der Waals surface area contributed by atoms with Crippen LogP contribution in [0.4, 0.5) is 0 Å². The third-order valence-electron chi connectivity index (χ3n) is 2.79. The van der Waals surface area contributed by atoms with Crippen LogP contribution in [0.15, 0.2) is 0 Å². The molecule has 0 bridgehead atoms. The molecule has 0 saturated carbocycles. The van der Waals surface area contributed by atoms with Crippen molar-refractivity contribution in [1.29, 1.82) is 0 Å². The third kappa shape index (κ3) is 4.10. The minimum Gasteiger partial charge on any atom is -0.377 e. The zero-order valence-corrected chi connectivity index (χ0v) is 10.9. The monoisotopic (exact) mass is 256 g/mol. The molecule has 18 heavy (non-hydrogen) atoms. The van der Waals surface area contributed by atoms with Crippen LogP contribution in [-0.2, 0) is 19.1 Å². The van der Waals surface area contributed by atoms with Crippen molar-refractivity contribution < 1.29 is 19.1 Å². The fraction of sp³-hybridized carbons (Fsp3) is 0.750. The lowest BCUT2D eigenvalue weighted by Gasteiger charge is -2.34. The summed E-state index contributed by atoms with van der Waals surface area (Å²) in [6, 6.07) is -0.571. The van der Waals surface area contributed by atoms with Gasteiger partial charge in [0, 0.05) is 25.9 Å². The van der Waals surface area contributed by atoms with Crippen molar-refractivity contribution in [3.05, 3.63) is 0 Å². The summed E-state index contributed by atoms with van der Waals surface area (Å²) in [6.45, 7) is 4.85. The number of hydrogen-bond donors (Lipinski definition) is 1. The Hall–Kier alpha value is -1.43. The molecule has 1 aliphatic rings. The maximum absolute atomic E-state index is 12.0. The molecule has 1 aliphatic heterocycles. The molecule has 0 radical (unpaired) electrons. The van der Waals surface area contributed by atoms with Crippen molar-refractivity contribution in [3.63, 3.8) is 0 Å². The van der Waals surface area contributed by atoms with Gasteiger partial charge in [-0.25, -0.2) is 0 Å². The Morgan fingerprint density at radius 2 is 2.06 bits per heavy atom. The number of likely N-dealkylation sites (N-methyl/N-ethyl adjacent to an activating group) is 1. The summed E-state index contributed by atoms with van der Waals surface area (Å²) in [5.74, 6) is -0.385. The Balaban J connectivity index is 2.60. The van der Waals surface area contributed by atoms with Gasteiger partial charge < -0.3 is 19.7 Å². The van der Waals surface area contributed by atoms with E-state index in [2.05, 4.69) is 5.32 Å². The first kappa shape index (κ1) is 14.6. The first-order chi connectivity index (χ1) is 8.56. The molecular weight excluding hydrogens is 236 g/mol. The molecule has 1 N–H and O–H groups in total. The van der Waals surface area contributed by atoms with E-state index in [1.165, 1.54) is 11.8 Å². The quantitative estimate of drug-likeness (QED) is 0.734. The Bertz CT molecular complexity index is 330. The number of rotatable bonds is 5. The second kappa shape index (κ2) is 7.10. The summed E-state index contributed by atoms with van der Waals surface area (Å²) < 4.78 is 5.23. The first-order valence-corrected chi connectivity index (χ1v) is 6.20. The van der Waals surface area contributed by atoms with Gasteiger partial charge in [-0.2, -0.15) is 0 Å². The molecule has 0 aliphatic carbocycles. The smallest absolute Gasteiger partial charge is 0.245 e. The van der Waals surface area contributed by atoms with Crippen LogP contribution in [-0.4, -0.2) is 54.8 Å². The number of ether oxygens (including phenoxy) is 1. The van der Waals surface area contributed by atoms with E-state index in [0.29, 0.717) is 19.7 Å². The van der Waals surface area contributed by atoms with Gasteiger partial charge in [0.05, 0.1) is 13.2 Å². The molecule has 0 aromatic heterocycles. The van der Waals surface area contributed by atoms with Crippen LogP contribution in [0.1, 0.15) is 26.7 Å². The lowest BCUT2D eigenvalue weighted by atomic mass is 10.1. The van der Waals surface area contributed by atoms with E-state index >= 15 is 0 Å². The van der Waals surface area contributed by atoms with Crippen LogP contribution >= 0.6 is 0 Å². The van der Waals surface area contributed by atoms with Crippen LogP contribution in [0.2, 0.25) is 0 Å². The number of morpholine rings is 1. The van der Waals surface area contributed by atoms with Crippen LogP contribution in [0, 0.1) is 0 Å². The average Bonchev–Trinajstić information content (AvgIpc) is 2.36. The van der Waals surface area contributed by atoms with Gasteiger partial charge in [-0.1, -0.05) is 0 Å². The van der Waals surface area contributed by atoms with E-state index < -0.39 is 6.04 Å². The maximum atomic E-state index is 12.0. The Kier molecular flexibility index (Phi) is 5.77. The van der Waals surface area contributed by atoms with Gasteiger partial charge in [-0.05, 0) is 13.8 Å². The second-order valence-corrected chi connectivity index (χ2v) is 4.27. The van der Waals surface area contributed by atoms with Gasteiger partial charge in [0.1, 0.15) is 11.8 Å². The third-order valence-corrected chi connectivity index (χ3v) is 2.79. The van der Waals surface area contributed by atoms with Gasteiger partial charge in [-0.3, -0.25) is 9.59 Å². The highest BCUT2D eigenvalue weighted by molar-refractivity contribution is 5.89. The van der Waals surface area contributed by atoms with E-state index in [4.69, 9.17) is 4.74 Å². The number of carbonyl (C=O) groups excluding carboxylic acids is 3. The summed E-state index contributed by atoms with van der Waals surface area (Å²) in [6.07, 6.45) is 0.379. The Morgan fingerprint density at radius 3 is 2.67 bits per heavy atom. The van der Waals surface area contributed by atoms with E-state index in [1.54, 1.807) is 0 Å². The average molecular weight is 256 g/mol. The largest absolute Gasteiger partial charge is 0.377 e. The van der Waals surface area contributed by atoms with Crippen molar-refractivity contribution in [2.75, 3.05) is 26.3 Å². The summed E-state index contributed by atoms with van der Waals surface area (Å²) in [4.78, 5) is 36.1. The first-order valence-electron chi connectivity index (χ1n) is 6.20. The predicted molar refractivity (Wildman–Crippen MR) is 64.9 cm³/mol. The van der Waals surface area contributed by atoms with Crippen LogP contribution < -0.4 is 5.32 Å². The van der Waals surface area contributed by atoms with Crippen molar-refractivity contribution in [3.8, 4) is 0 Å². The number of amides is 2. The zero-order chi connectivity index (χ0) is 13.5. The lowest BCUT2D eigenvalue weighted by Crippen LogP contribution is -2.55. The number of carbonyl (C=O) groups is 3. The highest BCUT2D eigenvalue weighted by Gasteiger charge is 2.32. The number of Topliss-reactive ketones (excluding diaryl/α,β-unsaturated/α-hetero) is 1. The topological polar surface area (TPSA) is 75.7 Å². The van der Waals surface area contributed by atoms with E-state index in [-0.39, 0.29) is 37.0 Å². The fourth-order valence-corrected chi connectivity index (χ4v) is 1.84. The zero-order valence-electron chi connectivity index (χ0n) is 10.9. The number of hydrogen-bond acceptors (Lipinski definition) is 4. The predicted octanol–water partition coefficient (Wildman–Crippen LogP) is -0.281. The van der Waals surface area contributed by atoms with Crippen LogP contribution in [0.25, 0.3) is 0 Å². The molecule has 6 nitrogen and oxygen atoms in total. The van der Waals surface area contributed by atoms with E-state index in [1.807, 2.05) is 6.92 Å². The summed E-state index contributed by atoms with van der Waals surface area (Å²) in [5.41, 5.74) is 0. The standard InChI is InChI=1S/C12H20N2O4/c1-3-13-12(17)10-8-18-7-6-14(10)11(16)5-4-9(2)15/h10H,3-8H2,1-2H3,(H,13,17). The molecule has 0 aromatic rings. The molecule has 2 amide bonds. The normalized spacial score (nSPS) is 19.4. The molecule has 1 rings (SSSR count). The number of nitrogens with zero attached hydrogens (tertiary/aromatic N) is 1. The van der Waals surface area contributed by atoms with Crippen LogP contribution in [0.3, 0.4) is 0 Å². The Morgan fingerprint density at radius 1 is 1.33 bits per heavy atom. The van der Waals surface area contributed by atoms with Gasteiger partial charge in [0.2, 0.25) is 11.8 Å². The van der Waals surface area contributed by atoms with Gasteiger partial charge in [-0.15, -0.1) is 0 Å². The number of nitrogens with one attached hydrogen (secondary N) is 1. The van der Waals surface area contributed by atoms with E-state index in [9.17, 15) is 14.4 Å². The fourth-order valence-electron chi connectivity index (χ4n) is 1.84. The molecule has 1 fully saturated rings. The van der Waals surface area contributed by atoms with Crippen molar-refractivity contribution >= 4 is 17.6 Å². The van der Waals surface area contributed by atoms with Gasteiger partial charge >= 0.3 is 0 Å². The maximum Gasteiger partial charge on any atom is 0.245 e. The molecule has 1 atom stereocenters. The number of ketones is 1. The second-order valence-electron chi connectivity index (χ2n) is 4.27. The molecule has 0 spiro atoms. The summed E-state index contributed by atoms with van der Waals surface area (Å²) in [7, 11) is 0. The van der Waals surface area contributed by atoms with Gasteiger partial charge in [0.25, 0.3) is 0 Å². The molecule has 1 saturated heterocycles. The highest BCUT2D eigenvalue weighted by Crippen LogP contribution is 2.10. The molecule has 1 unspecified atom stereocenters. The van der Waals surface area contributed by atoms with Crippen molar-refractivity contribution in [1.82, 2.24) is 10.2 Å². The van der Waals surface area contributed by atoms with Gasteiger partial charge in [0.15, 0.2) is 0 Å². The molecule has 0 aromatic carbocycles. The highest BCUT2D eigenvalue weighted by atomic mass is 16.5. The van der Waals surface area contributed by atoms with Crippen molar-refractivity contribution in [2.24, 2.45) is 0 Å². The summed E-state index contributed by atoms with van der Waals surface area (Å²) >= 11 is 0. The Labute approximate surface area is 107 Å². The minimum atomic E-state index is -0.571. The SMILES string of the molecule is CCNC(=O)C1COCCN1C(=O)CCC(C)=O. The molecule has 1 heterocycles. The molecule has 102 valence electrons. The molecule has 6 heteroatoms.